The molecule has 0 radical (unpaired) electrons. The van der Waals surface area contributed by atoms with Crippen molar-refractivity contribution >= 4 is 18.1 Å². The maximum absolute atomic E-state index is 12.2. The molecule has 0 amide bonds. The van der Waals surface area contributed by atoms with E-state index < -0.39 is 5.97 Å². The molecule has 0 saturated carbocycles. The van der Waals surface area contributed by atoms with Gasteiger partial charge in [-0.2, -0.15) is 0 Å². The van der Waals surface area contributed by atoms with Crippen molar-refractivity contribution in [3.8, 4) is 11.5 Å². The Morgan fingerprint density at radius 3 is 2.60 bits per heavy atom. The van der Waals surface area contributed by atoms with Crippen LogP contribution in [0, 0.1) is 0 Å². The van der Waals surface area contributed by atoms with Crippen LogP contribution < -0.4 is 4.74 Å². The number of phenols is 1. The Morgan fingerprint density at radius 2 is 2.04 bits per heavy atom. The van der Waals surface area contributed by atoms with Gasteiger partial charge >= 0.3 is 5.97 Å². The van der Waals surface area contributed by atoms with Crippen LogP contribution in [0.25, 0.3) is 12.2 Å². The Hall–Kier alpha value is -2.95. The summed E-state index contributed by atoms with van der Waals surface area (Å²) in [5.74, 6) is -0.226. The second-order valence-corrected chi connectivity index (χ2v) is 5.74. The number of phenolic OH excluding ortho intramolecular Hbond substituents is 1. The number of hydrogen-bond donors (Lipinski definition) is 1. The van der Waals surface area contributed by atoms with E-state index in [-0.39, 0.29) is 11.3 Å². The highest BCUT2D eigenvalue weighted by Gasteiger charge is 2.22. The van der Waals surface area contributed by atoms with Crippen LogP contribution in [-0.4, -0.2) is 25.3 Å². The number of allylic oxidation sites excluding steroid dienone is 2. The van der Waals surface area contributed by atoms with E-state index in [1.165, 1.54) is 14.2 Å². The molecule has 0 spiro atoms. The van der Waals surface area contributed by atoms with E-state index in [1.807, 2.05) is 19.9 Å². The monoisotopic (exact) mass is 342 g/mol. The number of ether oxygens (including phenoxy) is 2. The lowest BCUT2D eigenvalue weighted by atomic mass is 9.97. The molecule has 25 heavy (non-hydrogen) atoms. The summed E-state index contributed by atoms with van der Waals surface area (Å²) in [4.78, 5) is 12.2. The van der Waals surface area contributed by atoms with E-state index in [1.54, 1.807) is 36.8 Å². The van der Waals surface area contributed by atoms with Crippen molar-refractivity contribution < 1.29 is 23.8 Å². The van der Waals surface area contributed by atoms with Crippen molar-refractivity contribution in [2.24, 2.45) is 0 Å². The summed E-state index contributed by atoms with van der Waals surface area (Å²) in [5, 5.41) is 10.7. The van der Waals surface area contributed by atoms with Gasteiger partial charge < -0.3 is 19.0 Å². The van der Waals surface area contributed by atoms with Crippen LogP contribution in [0.1, 0.15) is 40.9 Å². The molecule has 0 aliphatic rings. The lowest BCUT2D eigenvalue weighted by Gasteiger charge is -2.15. The fourth-order valence-corrected chi connectivity index (χ4v) is 2.39. The van der Waals surface area contributed by atoms with Gasteiger partial charge in [-0.1, -0.05) is 23.8 Å². The van der Waals surface area contributed by atoms with Crippen molar-refractivity contribution in [2.75, 3.05) is 14.2 Å². The van der Waals surface area contributed by atoms with Gasteiger partial charge in [0.2, 0.25) is 0 Å². The highest BCUT2D eigenvalue weighted by Crippen LogP contribution is 2.36. The topological polar surface area (TPSA) is 68.9 Å². The van der Waals surface area contributed by atoms with Crippen molar-refractivity contribution in [3.05, 3.63) is 58.6 Å². The van der Waals surface area contributed by atoms with Gasteiger partial charge in [0.25, 0.3) is 0 Å². The molecule has 0 atom stereocenters. The molecule has 0 aliphatic carbocycles. The average Bonchev–Trinajstić information content (AvgIpc) is 3.11. The quantitative estimate of drug-likeness (QED) is 0.620. The number of rotatable bonds is 6. The van der Waals surface area contributed by atoms with Crippen molar-refractivity contribution in [2.45, 2.75) is 20.3 Å². The molecular weight excluding hydrogens is 320 g/mol. The van der Waals surface area contributed by atoms with Crippen LogP contribution >= 0.6 is 0 Å². The van der Waals surface area contributed by atoms with Crippen LogP contribution in [0.5, 0.6) is 11.5 Å². The molecule has 132 valence electrons. The minimum absolute atomic E-state index is 0.111. The minimum Gasteiger partial charge on any atom is -0.507 e. The Balaban J connectivity index is 2.59. The second kappa shape index (κ2) is 8.24. The Labute approximate surface area is 147 Å². The Kier molecular flexibility index (Phi) is 6.06. The highest BCUT2D eigenvalue weighted by atomic mass is 16.5. The predicted molar refractivity (Wildman–Crippen MR) is 96.8 cm³/mol. The molecule has 1 heterocycles. The number of carbonyl (C=O) groups is 1. The lowest BCUT2D eigenvalue weighted by Crippen LogP contribution is -2.07. The molecule has 2 aromatic rings. The lowest BCUT2D eigenvalue weighted by molar-refractivity contribution is 0.0597. The van der Waals surface area contributed by atoms with Crippen LogP contribution in [0.2, 0.25) is 0 Å². The number of benzene rings is 1. The molecule has 1 N–H and O–H groups in total. The zero-order valence-electron chi connectivity index (χ0n) is 14.8. The van der Waals surface area contributed by atoms with Crippen molar-refractivity contribution in [3.63, 3.8) is 0 Å². The fourth-order valence-electron chi connectivity index (χ4n) is 2.39. The molecule has 0 bridgehead atoms. The smallest absolute Gasteiger partial charge is 0.342 e. The molecule has 0 fully saturated rings. The molecule has 5 heteroatoms. The van der Waals surface area contributed by atoms with Crippen LogP contribution in [-0.2, 0) is 11.2 Å². The van der Waals surface area contributed by atoms with Crippen molar-refractivity contribution in [1.29, 1.82) is 0 Å². The first-order valence-electron chi connectivity index (χ1n) is 7.82. The third kappa shape index (κ3) is 4.32. The number of esters is 1. The third-order valence-electron chi connectivity index (χ3n) is 3.72. The maximum atomic E-state index is 12.2. The van der Waals surface area contributed by atoms with Crippen molar-refractivity contribution in [1.82, 2.24) is 0 Å². The van der Waals surface area contributed by atoms with E-state index in [0.29, 0.717) is 23.3 Å². The summed E-state index contributed by atoms with van der Waals surface area (Å²) in [6.07, 6.45) is 9.03. The molecule has 1 aromatic carbocycles. The zero-order chi connectivity index (χ0) is 18.4. The Bertz CT molecular complexity index is 794. The zero-order valence-corrected chi connectivity index (χ0v) is 14.8. The maximum Gasteiger partial charge on any atom is 0.342 e. The number of furan rings is 1. The molecular formula is C20H22O5. The van der Waals surface area contributed by atoms with E-state index in [2.05, 4.69) is 0 Å². The van der Waals surface area contributed by atoms with Gasteiger partial charge in [0.15, 0.2) is 0 Å². The summed E-state index contributed by atoms with van der Waals surface area (Å²) >= 11 is 0. The molecule has 0 aliphatic heterocycles. The van der Waals surface area contributed by atoms with E-state index in [9.17, 15) is 9.90 Å². The van der Waals surface area contributed by atoms with Gasteiger partial charge in [-0.15, -0.1) is 0 Å². The molecule has 2 rings (SSSR count). The van der Waals surface area contributed by atoms with Gasteiger partial charge in [0.1, 0.15) is 17.1 Å². The molecule has 1 aromatic heterocycles. The SMILES string of the molecule is COC(=O)c1c(/C=C/c2ccoc2)cc(OC)c(CC=C(C)C)c1O. The van der Waals surface area contributed by atoms with E-state index in [4.69, 9.17) is 13.9 Å². The predicted octanol–water partition coefficient (Wildman–Crippen LogP) is 4.46. The van der Waals surface area contributed by atoms with Gasteiger partial charge in [-0.05, 0) is 38.0 Å². The van der Waals surface area contributed by atoms with Gasteiger partial charge in [0, 0.05) is 11.1 Å². The first kappa shape index (κ1) is 18.4. The summed E-state index contributed by atoms with van der Waals surface area (Å²) in [6, 6.07) is 3.51. The summed E-state index contributed by atoms with van der Waals surface area (Å²) in [6.45, 7) is 3.93. The molecule has 5 nitrogen and oxygen atoms in total. The fraction of sp³-hybridized carbons (Fsp3) is 0.250. The van der Waals surface area contributed by atoms with Gasteiger partial charge in [-0.3, -0.25) is 0 Å². The minimum atomic E-state index is -0.606. The van der Waals surface area contributed by atoms with Crippen LogP contribution in [0.15, 0.2) is 40.7 Å². The van der Waals surface area contributed by atoms with Gasteiger partial charge in [-0.25, -0.2) is 4.79 Å². The van der Waals surface area contributed by atoms with Gasteiger partial charge in [0.05, 0.1) is 26.7 Å². The first-order valence-corrected chi connectivity index (χ1v) is 7.82. The van der Waals surface area contributed by atoms with E-state index >= 15 is 0 Å². The summed E-state index contributed by atoms with van der Waals surface area (Å²) in [5.41, 5.74) is 3.10. The number of carbonyl (C=O) groups excluding carboxylic acids is 1. The average molecular weight is 342 g/mol. The second-order valence-electron chi connectivity index (χ2n) is 5.74. The van der Waals surface area contributed by atoms with Crippen LogP contribution in [0.3, 0.4) is 0 Å². The third-order valence-corrected chi connectivity index (χ3v) is 3.72. The largest absolute Gasteiger partial charge is 0.507 e. The van der Waals surface area contributed by atoms with Crippen LogP contribution in [0.4, 0.5) is 0 Å². The number of hydrogen-bond acceptors (Lipinski definition) is 5. The van der Waals surface area contributed by atoms with E-state index in [0.717, 1.165) is 11.1 Å². The number of aromatic hydroxyl groups is 1. The Morgan fingerprint density at radius 1 is 1.28 bits per heavy atom. The highest BCUT2D eigenvalue weighted by molar-refractivity contribution is 5.98. The normalized spacial score (nSPS) is 10.7. The summed E-state index contributed by atoms with van der Waals surface area (Å²) < 4.78 is 15.3. The standard InChI is InChI=1S/C20H22O5/c1-13(2)5-8-16-17(23-3)11-15(7-6-14-9-10-25-12-14)18(19(16)21)20(22)24-4/h5-7,9-12,21H,8H2,1-4H3/b7-6+. The molecule has 0 saturated heterocycles. The number of methoxy groups -OCH3 is 2. The first-order chi connectivity index (χ1) is 12.0. The molecule has 0 unspecified atom stereocenters. The summed E-state index contributed by atoms with van der Waals surface area (Å²) in [7, 11) is 2.81.